The average molecular weight is 545 g/mol. The van der Waals surface area contributed by atoms with E-state index < -0.39 is 23.5 Å². The van der Waals surface area contributed by atoms with Gasteiger partial charge < -0.3 is 19.5 Å². The maximum Gasteiger partial charge on any atom is 0.295 e. The second-order valence-electron chi connectivity index (χ2n) is 10.2. The number of Topliss-reactive ketones (excluding diaryl/α,β-unsaturated/α-hetero) is 1. The molecular formula is C32H33FN2O5. The highest BCUT2D eigenvalue weighted by Gasteiger charge is 2.45. The van der Waals surface area contributed by atoms with Crippen molar-refractivity contribution in [2.45, 2.75) is 26.0 Å². The first-order valence-electron chi connectivity index (χ1n) is 13.5. The molecule has 208 valence electrons. The van der Waals surface area contributed by atoms with Crippen LogP contribution in [0.25, 0.3) is 5.76 Å². The Kier molecular flexibility index (Phi) is 8.57. The molecule has 0 aliphatic carbocycles. The van der Waals surface area contributed by atoms with Gasteiger partial charge in [-0.15, -0.1) is 0 Å². The number of benzene rings is 3. The third kappa shape index (κ3) is 6.24. The topological polar surface area (TPSA) is 79.3 Å². The van der Waals surface area contributed by atoms with E-state index in [1.54, 1.807) is 36.4 Å². The Morgan fingerprint density at radius 2 is 1.73 bits per heavy atom. The van der Waals surface area contributed by atoms with Crippen LogP contribution in [0.15, 0.2) is 78.4 Å². The molecular weight excluding hydrogens is 511 g/mol. The molecule has 7 nitrogen and oxygen atoms in total. The molecule has 0 unspecified atom stereocenters. The van der Waals surface area contributed by atoms with Gasteiger partial charge in [0.25, 0.3) is 11.7 Å². The normalized spacial score (nSPS) is 19.2. The Hall–Kier alpha value is -4.01. The molecule has 0 aromatic heterocycles. The summed E-state index contributed by atoms with van der Waals surface area (Å²) in [5.41, 5.74) is 3.14. The molecule has 0 bridgehead atoms. The number of aryl methyl sites for hydroxylation is 1. The number of aliphatic hydroxyl groups is 1. The molecule has 3 aromatic rings. The van der Waals surface area contributed by atoms with E-state index in [0.29, 0.717) is 49.7 Å². The van der Waals surface area contributed by atoms with Crippen molar-refractivity contribution in [1.82, 2.24) is 9.80 Å². The van der Waals surface area contributed by atoms with Crippen molar-refractivity contribution >= 4 is 17.4 Å². The van der Waals surface area contributed by atoms with Gasteiger partial charge in [0, 0.05) is 31.7 Å². The molecule has 1 amide bonds. The zero-order chi connectivity index (χ0) is 28.1. The number of morpholine rings is 1. The molecule has 8 heteroatoms. The van der Waals surface area contributed by atoms with Gasteiger partial charge in [-0.2, -0.15) is 0 Å². The van der Waals surface area contributed by atoms with Crippen molar-refractivity contribution in [3.63, 3.8) is 0 Å². The molecule has 40 heavy (non-hydrogen) atoms. The summed E-state index contributed by atoms with van der Waals surface area (Å²) in [6.07, 6.45) is 0.651. The Morgan fingerprint density at radius 1 is 1.00 bits per heavy atom. The van der Waals surface area contributed by atoms with Gasteiger partial charge in [-0.05, 0) is 60.9 Å². The molecule has 2 saturated heterocycles. The third-order valence-corrected chi connectivity index (χ3v) is 7.32. The van der Waals surface area contributed by atoms with Gasteiger partial charge in [0.1, 0.15) is 23.9 Å². The maximum atomic E-state index is 13.7. The molecule has 1 atom stereocenters. The van der Waals surface area contributed by atoms with Gasteiger partial charge >= 0.3 is 0 Å². The Morgan fingerprint density at radius 3 is 2.42 bits per heavy atom. The maximum absolute atomic E-state index is 13.7. The summed E-state index contributed by atoms with van der Waals surface area (Å²) in [7, 11) is 0. The van der Waals surface area contributed by atoms with E-state index in [4.69, 9.17) is 9.47 Å². The number of aliphatic hydroxyl groups excluding tert-OH is 1. The summed E-state index contributed by atoms with van der Waals surface area (Å²) in [6, 6.07) is 19.7. The number of ketones is 1. The zero-order valence-electron chi connectivity index (χ0n) is 22.5. The summed E-state index contributed by atoms with van der Waals surface area (Å²) >= 11 is 0. The highest BCUT2D eigenvalue weighted by molar-refractivity contribution is 6.46. The highest BCUT2D eigenvalue weighted by atomic mass is 19.1. The molecule has 2 heterocycles. The van der Waals surface area contributed by atoms with Crippen molar-refractivity contribution in [3.05, 3.63) is 106 Å². The van der Waals surface area contributed by atoms with Crippen LogP contribution in [0.4, 0.5) is 4.39 Å². The lowest BCUT2D eigenvalue weighted by Crippen LogP contribution is -2.38. The van der Waals surface area contributed by atoms with Gasteiger partial charge in [0.05, 0.1) is 24.8 Å². The van der Waals surface area contributed by atoms with Crippen LogP contribution in [-0.4, -0.2) is 66.0 Å². The van der Waals surface area contributed by atoms with Crippen LogP contribution in [0, 0.1) is 12.7 Å². The van der Waals surface area contributed by atoms with Crippen molar-refractivity contribution < 1.29 is 28.6 Å². The van der Waals surface area contributed by atoms with Crippen molar-refractivity contribution in [3.8, 4) is 5.75 Å². The van der Waals surface area contributed by atoms with Crippen LogP contribution < -0.4 is 4.74 Å². The van der Waals surface area contributed by atoms with Crippen molar-refractivity contribution in [2.75, 3.05) is 39.4 Å². The minimum atomic E-state index is -0.817. The summed E-state index contributed by atoms with van der Waals surface area (Å²) in [5, 5.41) is 11.3. The molecule has 0 spiro atoms. The predicted octanol–water partition coefficient (Wildman–Crippen LogP) is 4.86. The quantitative estimate of drug-likeness (QED) is 0.236. The van der Waals surface area contributed by atoms with Crippen LogP contribution in [0.2, 0.25) is 0 Å². The van der Waals surface area contributed by atoms with Crippen molar-refractivity contribution in [2.24, 2.45) is 0 Å². The first-order chi connectivity index (χ1) is 19.4. The highest BCUT2D eigenvalue weighted by Crippen LogP contribution is 2.39. The van der Waals surface area contributed by atoms with Crippen LogP contribution in [-0.2, 0) is 20.9 Å². The molecule has 0 saturated carbocycles. The van der Waals surface area contributed by atoms with Crippen LogP contribution in [0.3, 0.4) is 0 Å². The average Bonchev–Trinajstić information content (AvgIpc) is 3.22. The molecule has 2 aliphatic rings. The van der Waals surface area contributed by atoms with Gasteiger partial charge in [0.2, 0.25) is 0 Å². The smallest absolute Gasteiger partial charge is 0.295 e. The van der Waals surface area contributed by atoms with Gasteiger partial charge in [-0.25, -0.2) is 4.39 Å². The standard InChI is InChI=1S/C32H33FN2O5/c1-22-4-2-5-23(20-22)21-40-27-12-8-25(9-13-27)30(36)28-29(24-6-10-26(33)11-7-24)35(32(38)31(28)37)15-3-14-34-16-18-39-19-17-34/h2,4-13,20,29,36H,3,14-19,21H2,1H3/t29-/m0/s1. The van der Waals surface area contributed by atoms with E-state index in [1.165, 1.54) is 17.0 Å². The van der Waals surface area contributed by atoms with Gasteiger partial charge in [-0.3, -0.25) is 14.5 Å². The molecule has 3 aromatic carbocycles. The van der Waals surface area contributed by atoms with E-state index in [0.717, 1.165) is 30.8 Å². The molecule has 1 N–H and O–H groups in total. The minimum Gasteiger partial charge on any atom is -0.507 e. The summed E-state index contributed by atoms with van der Waals surface area (Å²) in [5.74, 6) is -1.51. The Balaban J connectivity index is 1.38. The number of amides is 1. The number of carbonyl (C=O) groups is 2. The molecule has 2 aliphatic heterocycles. The first-order valence-corrected chi connectivity index (χ1v) is 13.5. The SMILES string of the molecule is Cc1cccc(COc2ccc(C(O)=C3C(=O)C(=O)N(CCCN4CCOCC4)[C@H]3c3ccc(F)cc3)cc2)c1. The number of halogens is 1. The van der Waals surface area contributed by atoms with Gasteiger partial charge in [0.15, 0.2) is 0 Å². The largest absolute Gasteiger partial charge is 0.507 e. The van der Waals surface area contributed by atoms with E-state index in [9.17, 15) is 19.1 Å². The van der Waals surface area contributed by atoms with Crippen LogP contribution in [0.5, 0.6) is 5.75 Å². The number of likely N-dealkylation sites (tertiary alicyclic amines) is 1. The van der Waals surface area contributed by atoms with E-state index in [-0.39, 0.29) is 11.3 Å². The second kappa shape index (κ2) is 12.4. The van der Waals surface area contributed by atoms with E-state index >= 15 is 0 Å². The van der Waals surface area contributed by atoms with E-state index in [1.807, 2.05) is 25.1 Å². The number of rotatable bonds is 9. The fraction of sp³-hybridized carbons (Fsp3) is 0.312. The van der Waals surface area contributed by atoms with Crippen LogP contribution >= 0.6 is 0 Å². The summed E-state index contributed by atoms with van der Waals surface area (Å²) in [6.45, 7) is 6.50. The number of nitrogens with zero attached hydrogens (tertiary/aromatic N) is 2. The zero-order valence-corrected chi connectivity index (χ0v) is 22.5. The van der Waals surface area contributed by atoms with Crippen LogP contribution in [0.1, 0.15) is 34.7 Å². The van der Waals surface area contributed by atoms with Crippen molar-refractivity contribution in [1.29, 1.82) is 0 Å². The molecule has 2 fully saturated rings. The lowest BCUT2D eigenvalue weighted by atomic mass is 9.95. The number of hydrogen-bond acceptors (Lipinski definition) is 6. The second-order valence-corrected chi connectivity index (χ2v) is 10.2. The summed E-state index contributed by atoms with van der Waals surface area (Å²) < 4.78 is 25.0. The molecule has 5 rings (SSSR count). The third-order valence-electron chi connectivity index (χ3n) is 7.32. The van der Waals surface area contributed by atoms with E-state index in [2.05, 4.69) is 11.0 Å². The lowest BCUT2D eigenvalue weighted by Gasteiger charge is -2.29. The first kappa shape index (κ1) is 27.6. The number of ether oxygens (including phenoxy) is 2. The predicted molar refractivity (Wildman–Crippen MR) is 149 cm³/mol. The Labute approximate surface area is 233 Å². The fourth-order valence-corrected chi connectivity index (χ4v) is 5.22. The lowest BCUT2D eigenvalue weighted by molar-refractivity contribution is -0.140. The monoisotopic (exact) mass is 544 g/mol. The minimum absolute atomic E-state index is 0.00332. The number of hydrogen-bond donors (Lipinski definition) is 1. The van der Waals surface area contributed by atoms with Gasteiger partial charge in [-0.1, -0.05) is 42.0 Å². The fourth-order valence-electron chi connectivity index (χ4n) is 5.22. The summed E-state index contributed by atoms with van der Waals surface area (Å²) in [4.78, 5) is 30.2. The molecule has 0 radical (unpaired) electrons. The Bertz CT molecular complexity index is 1380. The number of carbonyl (C=O) groups excluding carboxylic acids is 2.